The number of benzene rings is 1. The maximum Gasteiger partial charge on any atom is 0.132 e. The first-order chi connectivity index (χ1) is 8.94. The number of nitrogens with one attached hydrogen (secondary N) is 1. The number of aromatic nitrogens is 2. The van der Waals surface area contributed by atoms with Crippen molar-refractivity contribution in [1.82, 2.24) is 9.97 Å². The zero-order chi connectivity index (χ0) is 14.0. The van der Waals surface area contributed by atoms with Gasteiger partial charge < -0.3 is 10.7 Å². The van der Waals surface area contributed by atoms with Gasteiger partial charge in [0.05, 0.1) is 17.4 Å². The molecule has 0 aliphatic carbocycles. The normalized spacial score (nSPS) is 14.4. The summed E-state index contributed by atoms with van der Waals surface area (Å²) in [5.41, 5.74) is 6.82. The highest BCUT2D eigenvalue weighted by atomic mass is 79.9. The van der Waals surface area contributed by atoms with E-state index >= 15 is 0 Å². The van der Waals surface area contributed by atoms with E-state index in [0.29, 0.717) is 17.1 Å². The molecular weight excluding hydrogens is 309 g/mol. The lowest BCUT2D eigenvalue weighted by Gasteiger charge is -2.21. The third kappa shape index (κ3) is 3.04. The number of aromatic amines is 1. The Balaban J connectivity index is 2.38. The van der Waals surface area contributed by atoms with Crippen molar-refractivity contribution in [2.75, 3.05) is 0 Å². The quantitative estimate of drug-likeness (QED) is 0.894. The van der Waals surface area contributed by atoms with Gasteiger partial charge in [-0.2, -0.15) is 0 Å². The van der Waals surface area contributed by atoms with Crippen LogP contribution in [0.15, 0.2) is 28.9 Å². The minimum absolute atomic E-state index is 0.285. The van der Waals surface area contributed by atoms with Crippen molar-refractivity contribution in [3.63, 3.8) is 0 Å². The summed E-state index contributed by atoms with van der Waals surface area (Å²) in [5.74, 6) is 0.399. The maximum atomic E-state index is 13.8. The van der Waals surface area contributed by atoms with Crippen LogP contribution in [-0.4, -0.2) is 9.97 Å². The van der Waals surface area contributed by atoms with Crippen molar-refractivity contribution in [3.05, 3.63) is 40.5 Å². The Labute approximate surface area is 120 Å². The molecule has 0 amide bonds. The Hall–Kier alpha value is -1.20. The van der Waals surface area contributed by atoms with E-state index < -0.39 is 5.54 Å². The molecule has 0 bridgehead atoms. The summed E-state index contributed by atoms with van der Waals surface area (Å²) >= 11 is 3.34. The van der Waals surface area contributed by atoms with Crippen molar-refractivity contribution in [3.8, 4) is 11.3 Å². The maximum absolute atomic E-state index is 13.8. The molecule has 19 heavy (non-hydrogen) atoms. The highest BCUT2D eigenvalue weighted by molar-refractivity contribution is 9.10. The van der Waals surface area contributed by atoms with E-state index in [1.54, 1.807) is 18.3 Å². The predicted molar refractivity (Wildman–Crippen MR) is 78.1 cm³/mol. The Bertz CT molecular complexity index is 578. The van der Waals surface area contributed by atoms with Crippen LogP contribution in [0.4, 0.5) is 4.39 Å². The fourth-order valence-electron chi connectivity index (χ4n) is 2.09. The van der Waals surface area contributed by atoms with Gasteiger partial charge in [0.15, 0.2) is 0 Å². The van der Waals surface area contributed by atoms with Crippen molar-refractivity contribution in [1.29, 1.82) is 0 Å². The summed E-state index contributed by atoms with van der Waals surface area (Å²) in [7, 11) is 0. The molecule has 1 heterocycles. The highest BCUT2D eigenvalue weighted by Gasteiger charge is 2.24. The van der Waals surface area contributed by atoms with Crippen molar-refractivity contribution < 1.29 is 4.39 Å². The number of halogens is 2. The number of H-pyrrole nitrogens is 1. The molecule has 0 aliphatic rings. The third-order valence-electron chi connectivity index (χ3n) is 3.10. The fraction of sp³-hybridized carbons (Fsp3) is 0.357. The van der Waals surface area contributed by atoms with Gasteiger partial charge in [-0.25, -0.2) is 9.37 Å². The van der Waals surface area contributed by atoms with Crippen LogP contribution in [0, 0.1) is 5.82 Å². The summed E-state index contributed by atoms with van der Waals surface area (Å²) in [4.78, 5) is 7.42. The van der Waals surface area contributed by atoms with Gasteiger partial charge in [-0.1, -0.05) is 29.3 Å². The lowest BCUT2D eigenvalue weighted by atomic mass is 9.97. The van der Waals surface area contributed by atoms with E-state index in [9.17, 15) is 4.39 Å². The monoisotopic (exact) mass is 325 g/mol. The molecule has 0 saturated carbocycles. The van der Waals surface area contributed by atoms with Crippen molar-refractivity contribution in [2.45, 2.75) is 32.2 Å². The second kappa shape index (κ2) is 5.43. The lowest BCUT2D eigenvalue weighted by Crippen LogP contribution is -2.34. The first kappa shape index (κ1) is 14.2. The molecule has 1 atom stereocenters. The molecule has 0 fully saturated rings. The average molecular weight is 326 g/mol. The first-order valence-electron chi connectivity index (χ1n) is 6.24. The molecule has 0 radical (unpaired) electrons. The van der Waals surface area contributed by atoms with E-state index in [-0.39, 0.29) is 5.82 Å². The molecule has 102 valence electrons. The number of nitrogens with zero attached hydrogens (tertiary/aromatic N) is 1. The number of nitrogens with two attached hydrogens (primary N) is 1. The van der Waals surface area contributed by atoms with Crippen LogP contribution in [0.2, 0.25) is 0 Å². The van der Waals surface area contributed by atoms with Crippen LogP contribution in [0.25, 0.3) is 11.3 Å². The van der Waals surface area contributed by atoms with Gasteiger partial charge in [0.25, 0.3) is 0 Å². The minimum Gasteiger partial charge on any atom is -0.340 e. The topological polar surface area (TPSA) is 54.7 Å². The Morgan fingerprint density at radius 3 is 2.89 bits per heavy atom. The van der Waals surface area contributed by atoms with Gasteiger partial charge in [-0.3, -0.25) is 0 Å². The first-order valence-corrected chi connectivity index (χ1v) is 7.03. The number of hydrogen-bond donors (Lipinski definition) is 2. The van der Waals surface area contributed by atoms with E-state index in [0.717, 1.165) is 17.3 Å². The Kier molecular flexibility index (Phi) is 4.06. The smallest absolute Gasteiger partial charge is 0.132 e. The van der Waals surface area contributed by atoms with Crippen LogP contribution in [-0.2, 0) is 5.54 Å². The average Bonchev–Trinajstić information content (AvgIpc) is 2.82. The number of imidazole rings is 1. The molecular formula is C14H17BrFN3. The van der Waals surface area contributed by atoms with Crippen molar-refractivity contribution in [2.24, 2.45) is 5.73 Å². The van der Waals surface area contributed by atoms with Gasteiger partial charge in [-0.05, 0) is 31.5 Å². The standard InChI is InChI=1S/C14H17BrFN3/c1-3-6-14(2,17)13-18-8-12(19-13)10-7-9(15)4-5-11(10)16/h4-5,7-8H,3,6,17H2,1-2H3,(H,18,19). The molecule has 2 rings (SSSR count). The summed E-state index contributed by atoms with van der Waals surface area (Å²) < 4.78 is 14.6. The molecule has 5 heteroatoms. The Morgan fingerprint density at radius 1 is 1.47 bits per heavy atom. The largest absolute Gasteiger partial charge is 0.340 e. The van der Waals surface area contributed by atoms with Gasteiger partial charge in [0.1, 0.15) is 11.6 Å². The SMILES string of the molecule is CCCC(C)(N)c1ncc(-c2cc(Br)ccc2F)[nH]1. The van der Waals surface area contributed by atoms with E-state index in [1.807, 2.05) is 6.92 Å². The lowest BCUT2D eigenvalue weighted by molar-refractivity contribution is 0.423. The molecule has 2 aromatic rings. The zero-order valence-electron chi connectivity index (χ0n) is 11.0. The second-order valence-electron chi connectivity index (χ2n) is 4.94. The van der Waals surface area contributed by atoms with Gasteiger partial charge in [0.2, 0.25) is 0 Å². The highest BCUT2D eigenvalue weighted by Crippen LogP contribution is 2.27. The molecule has 0 aliphatic heterocycles. The molecule has 1 unspecified atom stereocenters. The summed E-state index contributed by atoms with van der Waals surface area (Å²) in [6.45, 7) is 4.00. The summed E-state index contributed by atoms with van der Waals surface area (Å²) in [5, 5.41) is 0. The zero-order valence-corrected chi connectivity index (χ0v) is 12.6. The number of hydrogen-bond acceptors (Lipinski definition) is 2. The van der Waals surface area contributed by atoms with E-state index in [4.69, 9.17) is 5.73 Å². The van der Waals surface area contributed by atoms with Crippen LogP contribution in [0.5, 0.6) is 0 Å². The van der Waals surface area contributed by atoms with Crippen LogP contribution in [0.1, 0.15) is 32.5 Å². The third-order valence-corrected chi connectivity index (χ3v) is 3.60. The van der Waals surface area contributed by atoms with Gasteiger partial charge in [0, 0.05) is 10.0 Å². The molecule has 0 spiro atoms. The fourth-order valence-corrected chi connectivity index (χ4v) is 2.45. The second-order valence-corrected chi connectivity index (χ2v) is 5.85. The van der Waals surface area contributed by atoms with Crippen LogP contribution >= 0.6 is 15.9 Å². The molecule has 3 nitrogen and oxygen atoms in total. The van der Waals surface area contributed by atoms with Crippen LogP contribution in [0.3, 0.4) is 0 Å². The molecule has 1 aromatic carbocycles. The Morgan fingerprint density at radius 2 is 2.21 bits per heavy atom. The molecule has 0 saturated heterocycles. The minimum atomic E-state index is -0.518. The van der Waals surface area contributed by atoms with Gasteiger partial charge in [-0.15, -0.1) is 0 Å². The molecule has 1 aromatic heterocycles. The van der Waals surface area contributed by atoms with Crippen molar-refractivity contribution >= 4 is 15.9 Å². The summed E-state index contributed by atoms with van der Waals surface area (Å²) in [6.07, 6.45) is 3.41. The molecule has 3 N–H and O–H groups in total. The predicted octanol–water partition coefficient (Wildman–Crippen LogP) is 3.95. The summed E-state index contributed by atoms with van der Waals surface area (Å²) in [6, 6.07) is 4.81. The van der Waals surface area contributed by atoms with Crippen LogP contribution < -0.4 is 5.73 Å². The number of rotatable bonds is 4. The van der Waals surface area contributed by atoms with Gasteiger partial charge >= 0.3 is 0 Å². The van der Waals surface area contributed by atoms with E-state index in [2.05, 4.69) is 32.8 Å². The van der Waals surface area contributed by atoms with E-state index in [1.165, 1.54) is 6.07 Å².